The van der Waals surface area contributed by atoms with E-state index in [0.29, 0.717) is 24.9 Å². The number of carboxylic acid groups (broad SMARTS) is 1. The molecule has 1 aromatic rings. The standard InChI is InChI=1S/C13H14BrIN2O2/c14-11-4-8(15)3-9-10-6-17(13(18)19)5-7(10)1-2-16-12(9)11/h3-4,7,10,16H,1-2,5-6H2,(H,18,19). The molecule has 1 aromatic carbocycles. The SMILES string of the molecule is O=C(O)N1CC2CCNc3c(Br)cc(I)cc3C2C1. The number of nitrogens with one attached hydrogen (secondary N) is 1. The molecule has 19 heavy (non-hydrogen) atoms. The Labute approximate surface area is 133 Å². The second-order valence-electron chi connectivity index (χ2n) is 5.12. The van der Waals surface area contributed by atoms with Crippen LogP contribution in [0.15, 0.2) is 16.6 Å². The highest BCUT2D eigenvalue weighted by molar-refractivity contribution is 14.1. The Balaban J connectivity index is 2.03. The van der Waals surface area contributed by atoms with Crippen molar-refractivity contribution < 1.29 is 9.90 Å². The second kappa shape index (κ2) is 5.12. The molecule has 2 heterocycles. The number of amides is 1. The summed E-state index contributed by atoms with van der Waals surface area (Å²) in [6.07, 6.45) is 0.221. The van der Waals surface area contributed by atoms with Crippen LogP contribution in [-0.4, -0.2) is 35.7 Å². The minimum absolute atomic E-state index is 0.312. The third-order valence-corrected chi connectivity index (χ3v) is 5.26. The lowest BCUT2D eigenvalue weighted by atomic mass is 9.87. The molecule has 0 bridgehead atoms. The van der Waals surface area contributed by atoms with E-state index in [1.165, 1.54) is 9.13 Å². The predicted octanol–water partition coefficient (Wildman–Crippen LogP) is 3.56. The van der Waals surface area contributed by atoms with Crippen molar-refractivity contribution in [1.29, 1.82) is 0 Å². The maximum Gasteiger partial charge on any atom is 0.407 e. The molecule has 2 N–H and O–H groups in total. The lowest BCUT2D eigenvalue weighted by Gasteiger charge is -2.18. The third kappa shape index (κ3) is 2.44. The maximum atomic E-state index is 11.2. The highest BCUT2D eigenvalue weighted by atomic mass is 127. The van der Waals surface area contributed by atoms with Crippen molar-refractivity contribution in [2.24, 2.45) is 5.92 Å². The zero-order chi connectivity index (χ0) is 13.6. The quantitative estimate of drug-likeness (QED) is 0.611. The van der Waals surface area contributed by atoms with Crippen LogP contribution in [0.3, 0.4) is 0 Å². The lowest BCUT2D eigenvalue weighted by Crippen LogP contribution is -2.27. The number of nitrogens with zero attached hydrogens (tertiary/aromatic N) is 1. The minimum Gasteiger partial charge on any atom is -0.465 e. The Bertz CT molecular complexity index is 538. The minimum atomic E-state index is -0.799. The normalized spacial score (nSPS) is 25.3. The van der Waals surface area contributed by atoms with Crippen LogP contribution >= 0.6 is 38.5 Å². The van der Waals surface area contributed by atoms with Gasteiger partial charge in [-0.2, -0.15) is 0 Å². The van der Waals surface area contributed by atoms with E-state index in [2.05, 4.69) is 56.0 Å². The molecule has 2 atom stereocenters. The van der Waals surface area contributed by atoms with E-state index >= 15 is 0 Å². The van der Waals surface area contributed by atoms with Gasteiger partial charge in [0.05, 0.1) is 5.69 Å². The van der Waals surface area contributed by atoms with Gasteiger partial charge in [-0.3, -0.25) is 0 Å². The van der Waals surface area contributed by atoms with Crippen molar-refractivity contribution in [2.75, 3.05) is 25.0 Å². The van der Waals surface area contributed by atoms with Crippen LogP contribution in [-0.2, 0) is 0 Å². The molecular formula is C13H14BrIN2O2. The Morgan fingerprint density at radius 1 is 1.47 bits per heavy atom. The smallest absolute Gasteiger partial charge is 0.407 e. The van der Waals surface area contributed by atoms with Crippen LogP contribution in [0.2, 0.25) is 0 Å². The summed E-state index contributed by atoms with van der Waals surface area (Å²) in [5.74, 6) is 0.738. The fourth-order valence-corrected chi connectivity index (χ4v) is 4.82. The number of benzene rings is 1. The van der Waals surface area contributed by atoms with Crippen LogP contribution < -0.4 is 5.32 Å². The van der Waals surface area contributed by atoms with Gasteiger partial charge < -0.3 is 15.3 Å². The number of halogens is 2. The van der Waals surface area contributed by atoms with Gasteiger partial charge in [0.1, 0.15) is 0 Å². The first-order valence-corrected chi connectivity index (χ1v) is 8.14. The molecule has 4 nitrogen and oxygen atoms in total. The van der Waals surface area contributed by atoms with Crippen molar-refractivity contribution in [3.8, 4) is 0 Å². The molecule has 2 aliphatic heterocycles. The molecule has 1 fully saturated rings. The highest BCUT2D eigenvalue weighted by Gasteiger charge is 2.38. The van der Waals surface area contributed by atoms with E-state index in [1.807, 2.05) is 0 Å². The van der Waals surface area contributed by atoms with E-state index in [1.54, 1.807) is 4.90 Å². The van der Waals surface area contributed by atoms with Crippen LogP contribution in [0.25, 0.3) is 0 Å². The monoisotopic (exact) mass is 436 g/mol. The zero-order valence-electron chi connectivity index (χ0n) is 10.2. The van der Waals surface area contributed by atoms with Gasteiger partial charge in [-0.1, -0.05) is 0 Å². The fourth-order valence-electron chi connectivity index (χ4n) is 3.13. The first-order valence-electron chi connectivity index (χ1n) is 6.27. The summed E-state index contributed by atoms with van der Waals surface area (Å²) in [6.45, 7) is 2.17. The van der Waals surface area contributed by atoms with Gasteiger partial charge in [-0.05, 0) is 68.6 Å². The lowest BCUT2D eigenvalue weighted by molar-refractivity contribution is 0.153. The number of hydrogen-bond donors (Lipinski definition) is 2. The number of carbonyl (C=O) groups is 1. The topological polar surface area (TPSA) is 52.6 Å². The summed E-state index contributed by atoms with van der Waals surface area (Å²) in [6, 6.07) is 4.28. The van der Waals surface area contributed by atoms with Gasteiger partial charge in [-0.25, -0.2) is 4.79 Å². The van der Waals surface area contributed by atoms with E-state index in [4.69, 9.17) is 0 Å². The molecule has 3 rings (SSSR count). The summed E-state index contributed by atoms with van der Waals surface area (Å²) in [4.78, 5) is 12.7. The van der Waals surface area contributed by atoms with Gasteiger partial charge in [0.15, 0.2) is 0 Å². The van der Waals surface area contributed by atoms with Crippen LogP contribution in [0.4, 0.5) is 10.5 Å². The molecule has 1 saturated heterocycles. The summed E-state index contributed by atoms with van der Waals surface area (Å²) >= 11 is 5.92. The van der Waals surface area contributed by atoms with Gasteiger partial charge in [0.25, 0.3) is 0 Å². The zero-order valence-corrected chi connectivity index (χ0v) is 13.9. The summed E-state index contributed by atoms with van der Waals surface area (Å²) < 4.78 is 2.25. The number of hydrogen-bond acceptors (Lipinski definition) is 2. The Hall–Kier alpha value is -0.500. The fraction of sp³-hybridized carbons (Fsp3) is 0.462. The van der Waals surface area contributed by atoms with Gasteiger partial charge in [0, 0.05) is 33.6 Å². The van der Waals surface area contributed by atoms with Crippen molar-refractivity contribution in [2.45, 2.75) is 12.3 Å². The first-order chi connectivity index (χ1) is 9.06. The Kier molecular flexibility index (Phi) is 3.63. The molecule has 2 aliphatic rings. The largest absolute Gasteiger partial charge is 0.465 e. The maximum absolute atomic E-state index is 11.2. The first kappa shape index (κ1) is 13.5. The molecule has 0 saturated carbocycles. The van der Waals surface area contributed by atoms with Crippen molar-refractivity contribution in [1.82, 2.24) is 4.90 Å². The third-order valence-electron chi connectivity index (χ3n) is 4.01. The number of fused-ring (bicyclic) bond motifs is 3. The predicted molar refractivity (Wildman–Crippen MR) is 85.8 cm³/mol. The van der Waals surface area contributed by atoms with Gasteiger partial charge in [-0.15, -0.1) is 0 Å². The molecule has 6 heteroatoms. The molecule has 2 unspecified atom stereocenters. The van der Waals surface area contributed by atoms with E-state index in [0.717, 1.165) is 23.1 Å². The van der Waals surface area contributed by atoms with E-state index in [-0.39, 0.29) is 0 Å². The van der Waals surface area contributed by atoms with Crippen molar-refractivity contribution >= 4 is 50.3 Å². The highest BCUT2D eigenvalue weighted by Crippen LogP contribution is 2.43. The molecule has 0 spiro atoms. The van der Waals surface area contributed by atoms with Crippen LogP contribution in [0.1, 0.15) is 17.9 Å². The summed E-state index contributed by atoms with van der Waals surface area (Å²) in [5, 5.41) is 12.7. The van der Waals surface area contributed by atoms with E-state index in [9.17, 15) is 9.90 Å². The second-order valence-corrected chi connectivity index (χ2v) is 7.22. The van der Waals surface area contributed by atoms with E-state index < -0.39 is 6.09 Å². The number of anilines is 1. The summed E-state index contributed by atoms with van der Waals surface area (Å²) in [7, 11) is 0. The number of rotatable bonds is 0. The van der Waals surface area contributed by atoms with Crippen molar-refractivity contribution in [3.63, 3.8) is 0 Å². The molecule has 102 valence electrons. The summed E-state index contributed by atoms with van der Waals surface area (Å²) in [5.41, 5.74) is 2.39. The molecular weight excluding hydrogens is 423 g/mol. The van der Waals surface area contributed by atoms with Crippen LogP contribution in [0.5, 0.6) is 0 Å². The molecule has 0 radical (unpaired) electrons. The average molecular weight is 437 g/mol. The number of likely N-dealkylation sites (tertiary alicyclic amines) is 1. The van der Waals surface area contributed by atoms with Crippen LogP contribution in [0, 0.1) is 9.49 Å². The van der Waals surface area contributed by atoms with Crippen molar-refractivity contribution in [3.05, 3.63) is 25.7 Å². The molecule has 0 aliphatic carbocycles. The molecule has 0 aromatic heterocycles. The average Bonchev–Trinajstić information content (AvgIpc) is 2.68. The Morgan fingerprint density at radius 3 is 3.00 bits per heavy atom. The Morgan fingerprint density at radius 2 is 2.26 bits per heavy atom. The van der Waals surface area contributed by atoms with Gasteiger partial charge >= 0.3 is 6.09 Å². The molecule has 1 amide bonds. The van der Waals surface area contributed by atoms with Gasteiger partial charge in [0.2, 0.25) is 0 Å².